The monoisotopic (exact) mass is 348 g/mol. The summed E-state index contributed by atoms with van der Waals surface area (Å²) in [6.07, 6.45) is 1.89. The van der Waals surface area contributed by atoms with Crippen LogP contribution in [0.4, 0.5) is 0 Å². The molecule has 0 atom stereocenters. The van der Waals surface area contributed by atoms with Crippen LogP contribution in [0.1, 0.15) is 50.7 Å². The molecule has 1 aromatic heterocycles. The summed E-state index contributed by atoms with van der Waals surface area (Å²) in [6, 6.07) is 9.71. The number of benzene rings is 1. The predicted molar refractivity (Wildman–Crippen MR) is 103 cm³/mol. The summed E-state index contributed by atoms with van der Waals surface area (Å²) >= 11 is 1.42. The molecule has 2 aromatic rings. The van der Waals surface area contributed by atoms with Crippen molar-refractivity contribution in [3.63, 3.8) is 0 Å². The molecule has 0 aliphatic heterocycles. The topological polar surface area (TPSA) is 52.1 Å². The summed E-state index contributed by atoms with van der Waals surface area (Å²) < 4.78 is 5.06. The molecule has 0 saturated heterocycles. The van der Waals surface area contributed by atoms with Gasteiger partial charge in [-0.2, -0.15) is 0 Å². The minimum atomic E-state index is -0.367. The maximum absolute atomic E-state index is 12.0. The van der Waals surface area contributed by atoms with Crippen molar-refractivity contribution in [1.82, 2.24) is 9.97 Å². The minimum Gasteiger partial charge on any atom is -0.462 e. The fourth-order valence-electron chi connectivity index (χ4n) is 1.85. The molecule has 0 bridgehead atoms. The third kappa shape index (κ3) is 5.96. The lowest BCUT2D eigenvalue weighted by atomic mass is 10.2. The first-order chi connectivity index (χ1) is 11.7. The van der Waals surface area contributed by atoms with Gasteiger partial charge in [-0.05, 0) is 20.1 Å². The minimum absolute atomic E-state index is 0.340. The molecule has 2 rings (SSSR count). The molecule has 1 heterocycles. The molecule has 5 heteroatoms. The highest BCUT2D eigenvalue weighted by molar-refractivity contribution is 7.98. The van der Waals surface area contributed by atoms with Crippen molar-refractivity contribution >= 4 is 17.7 Å². The Morgan fingerprint density at radius 1 is 1.08 bits per heavy atom. The van der Waals surface area contributed by atoms with Gasteiger partial charge in [-0.3, -0.25) is 0 Å². The molecular weight excluding hydrogens is 320 g/mol. The fourth-order valence-corrected chi connectivity index (χ4v) is 2.46. The number of nitrogens with zero attached hydrogens (tertiary/aromatic N) is 2. The summed E-state index contributed by atoms with van der Waals surface area (Å²) in [6.45, 7) is 11.9. The molecule has 0 amide bonds. The molecule has 132 valence electrons. The van der Waals surface area contributed by atoms with Crippen molar-refractivity contribution in [3.05, 3.63) is 41.6 Å². The van der Waals surface area contributed by atoms with Crippen LogP contribution in [0, 0.1) is 6.92 Å². The Kier molecular flexibility index (Phi) is 11.5. The molecule has 0 aliphatic carbocycles. The number of carbonyl (C=O) groups is 1. The third-order valence-electron chi connectivity index (χ3n) is 2.76. The van der Waals surface area contributed by atoms with Gasteiger partial charge in [0, 0.05) is 5.56 Å². The van der Waals surface area contributed by atoms with E-state index in [9.17, 15) is 4.79 Å². The van der Waals surface area contributed by atoms with E-state index in [1.807, 2.05) is 64.3 Å². The van der Waals surface area contributed by atoms with Crippen LogP contribution in [0.2, 0.25) is 0 Å². The zero-order chi connectivity index (χ0) is 18.5. The van der Waals surface area contributed by atoms with E-state index >= 15 is 0 Å². The lowest BCUT2D eigenvalue weighted by molar-refractivity contribution is 0.0520. The van der Waals surface area contributed by atoms with Crippen LogP contribution >= 0.6 is 11.8 Å². The second-order valence-corrected chi connectivity index (χ2v) is 4.90. The van der Waals surface area contributed by atoms with Gasteiger partial charge in [0.25, 0.3) is 0 Å². The number of carbonyl (C=O) groups excluding carboxylic acids is 1. The molecule has 0 spiro atoms. The maximum atomic E-state index is 12.0. The van der Waals surface area contributed by atoms with E-state index in [2.05, 4.69) is 9.97 Å². The van der Waals surface area contributed by atoms with Gasteiger partial charge in [0.05, 0.1) is 12.3 Å². The Morgan fingerprint density at radius 3 is 2.17 bits per heavy atom. The maximum Gasteiger partial charge on any atom is 0.342 e. The van der Waals surface area contributed by atoms with Crippen molar-refractivity contribution in [2.75, 3.05) is 12.9 Å². The van der Waals surface area contributed by atoms with Crippen LogP contribution in [0.3, 0.4) is 0 Å². The molecule has 4 nitrogen and oxygen atoms in total. The van der Waals surface area contributed by atoms with Crippen molar-refractivity contribution in [2.24, 2.45) is 0 Å². The van der Waals surface area contributed by atoms with Gasteiger partial charge in [0.1, 0.15) is 10.6 Å². The van der Waals surface area contributed by atoms with Gasteiger partial charge < -0.3 is 4.74 Å². The number of hydrogen-bond donors (Lipinski definition) is 0. The summed E-state index contributed by atoms with van der Waals surface area (Å²) in [5.41, 5.74) is 2.03. The number of ether oxygens (including phenoxy) is 1. The second kappa shape index (κ2) is 12.5. The Balaban J connectivity index is 0.00000123. The highest BCUT2D eigenvalue weighted by Crippen LogP contribution is 2.25. The highest BCUT2D eigenvalue weighted by atomic mass is 32.2. The SMILES string of the molecule is CC.CC.CCOC(=O)c1c(C)nc(-c2ccccc2)nc1SC. The van der Waals surface area contributed by atoms with Gasteiger partial charge in [-0.15, -0.1) is 11.8 Å². The third-order valence-corrected chi connectivity index (χ3v) is 3.44. The van der Waals surface area contributed by atoms with Gasteiger partial charge in [-0.25, -0.2) is 14.8 Å². The zero-order valence-corrected chi connectivity index (χ0v) is 16.5. The van der Waals surface area contributed by atoms with Crippen LogP contribution in [0.25, 0.3) is 11.4 Å². The molecule has 1 aromatic carbocycles. The molecule has 0 unspecified atom stereocenters. The van der Waals surface area contributed by atoms with Crippen LogP contribution in [0.15, 0.2) is 35.4 Å². The summed E-state index contributed by atoms with van der Waals surface area (Å²) in [5.74, 6) is 0.259. The standard InChI is InChI=1S/C15H16N2O2S.2C2H6/c1-4-19-15(18)12-10(2)16-13(17-14(12)20-3)11-8-6-5-7-9-11;2*1-2/h5-9H,4H2,1-3H3;2*1-2H3. The number of thioether (sulfide) groups is 1. The molecule has 0 aliphatic rings. The largest absolute Gasteiger partial charge is 0.462 e. The zero-order valence-electron chi connectivity index (χ0n) is 15.7. The Bertz CT molecular complexity index is 616. The van der Waals surface area contributed by atoms with Gasteiger partial charge in [0.2, 0.25) is 0 Å². The quantitative estimate of drug-likeness (QED) is 0.420. The normalized spacial score (nSPS) is 9.12. The number of aromatic nitrogens is 2. The number of esters is 1. The van der Waals surface area contributed by atoms with Gasteiger partial charge in [0.15, 0.2) is 5.82 Å². The van der Waals surface area contributed by atoms with Crippen molar-refractivity contribution in [1.29, 1.82) is 0 Å². The number of aryl methyl sites for hydroxylation is 1. The molecular formula is C19H28N2O2S. The van der Waals surface area contributed by atoms with Crippen molar-refractivity contribution in [2.45, 2.75) is 46.6 Å². The van der Waals surface area contributed by atoms with E-state index in [1.54, 1.807) is 13.8 Å². The molecule has 24 heavy (non-hydrogen) atoms. The van der Waals surface area contributed by atoms with Crippen molar-refractivity contribution in [3.8, 4) is 11.4 Å². The average Bonchev–Trinajstić information content (AvgIpc) is 2.65. The van der Waals surface area contributed by atoms with Gasteiger partial charge in [-0.1, -0.05) is 58.0 Å². The number of rotatable bonds is 4. The van der Waals surface area contributed by atoms with E-state index < -0.39 is 0 Å². The van der Waals surface area contributed by atoms with E-state index in [0.717, 1.165) is 5.56 Å². The van der Waals surface area contributed by atoms with Crippen LogP contribution < -0.4 is 0 Å². The number of hydrogen-bond acceptors (Lipinski definition) is 5. The lowest BCUT2D eigenvalue weighted by Crippen LogP contribution is -2.11. The smallest absolute Gasteiger partial charge is 0.342 e. The Hall–Kier alpha value is -1.88. The van der Waals surface area contributed by atoms with E-state index in [4.69, 9.17) is 4.74 Å². The van der Waals surface area contributed by atoms with Crippen LogP contribution in [0.5, 0.6) is 0 Å². The average molecular weight is 349 g/mol. The summed E-state index contributed by atoms with van der Waals surface area (Å²) in [7, 11) is 0. The lowest BCUT2D eigenvalue weighted by Gasteiger charge is -2.11. The fraction of sp³-hybridized carbons (Fsp3) is 0.421. The molecule has 0 fully saturated rings. The van der Waals surface area contributed by atoms with E-state index in [1.165, 1.54) is 11.8 Å². The summed E-state index contributed by atoms with van der Waals surface area (Å²) in [4.78, 5) is 20.9. The van der Waals surface area contributed by atoms with Crippen LogP contribution in [-0.2, 0) is 4.74 Å². The van der Waals surface area contributed by atoms with E-state index in [0.29, 0.717) is 28.7 Å². The molecule has 0 radical (unpaired) electrons. The second-order valence-electron chi connectivity index (χ2n) is 4.10. The van der Waals surface area contributed by atoms with Crippen LogP contribution in [-0.4, -0.2) is 28.8 Å². The molecule has 0 saturated carbocycles. The highest BCUT2D eigenvalue weighted by Gasteiger charge is 2.19. The van der Waals surface area contributed by atoms with Crippen molar-refractivity contribution < 1.29 is 9.53 Å². The first kappa shape index (κ1) is 22.1. The first-order valence-corrected chi connectivity index (χ1v) is 9.55. The Morgan fingerprint density at radius 2 is 1.67 bits per heavy atom. The summed E-state index contributed by atoms with van der Waals surface area (Å²) in [5, 5.41) is 0.648. The predicted octanol–water partition coefficient (Wildman–Crippen LogP) is 5.40. The molecule has 0 N–H and O–H groups in total. The van der Waals surface area contributed by atoms with E-state index in [-0.39, 0.29) is 5.97 Å². The first-order valence-electron chi connectivity index (χ1n) is 8.32. The van der Waals surface area contributed by atoms with Gasteiger partial charge >= 0.3 is 5.97 Å². The Labute approximate surface area is 150 Å².